The summed E-state index contributed by atoms with van der Waals surface area (Å²) < 4.78 is 10.8. The molecule has 7 nitrogen and oxygen atoms in total. The standard InChI is InChI=1S/C25H29N5O2/c1-31-22-14-19-13-21(26-20(19)15-23(22)32-2)25-27-24(28-29-25)16-30-10-8-18(9-11-30)12-17-6-4-3-5-7-17/h3-7,13-15,18,26H,8-12,16H2,1-2H3,(H,27,28,29). The number of benzene rings is 2. The van der Waals surface area contributed by atoms with Crippen molar-refractivity contribution in [3.05, 3.63) is 59.9 Å². The van der Waals surface area contributed by atoms with Crippen LogP contribution in [0.1, 0.15) is 24.2 Å². The molecule has 0 atom stereocenters. The molecular formula is C25H29N5O2. The smallest absolute Gasteiger partial charge is 0.177 e. The van der Waals surface area contributed by atoms with Gasteiger partial charge in [-0.15, -0.1) is 10.2 Å². The number of piperidine rings is 1. The zero-order valence-electron chi connectivity index (χ0n) is 18.6. The monoisotopic (exact) mass is 431 g/mol. The van der Waals surface area contributed by atoms with Crippen molar-refractivity contribution in [2.24, 2.45) is 5.92 Å². The number of aromatic amines is 2. The Morgan fingerprint density at radius 3 is 2.44 bits per heavy atom. The Kier molecular flexibility index (Phi) is 5.81. The highest BCUT2D eigenvalue weighted by Gasteiger charge is 2.21. The van der Waals surface area contributed by atoms with Gasteiger partial charge in [0, 0.05) is 17.0 Å². The van der Waals surface area contributed by atoms with Crippen molar-refractivity contribution >= 4 is 10.9 Å². The van der Waals surface area contributed by atoms with Gasteiger partial charge in [0.2, 0.25) is 0 Å². The van der Waals surface area contributed by atoms with Crippen LogP contribution in [0.2, 0.25) is 0 Å². The van der Waals surface area contributed by atoms with Gasteiger partial charge in [-0.3, -0.25) is 4.90 Å². The van der Waals surface area contributed by atoms with Crippen molar-refractivity contribution in [1.82, 2.24) is 25.1 Å². The van der Waals surface area contributed by atoms with Crippen LogP contribution >= 0.6 is 0 Å². The van der Waals surface area contributed by atoms with Crippen LogP contribution < -0.4 is 9.47 Å². The number of nitrogens with zero attached hydrogens (tertiary/aromatic N) is 3. The zero-order valence-corrected chi connectivity index (χ0v) is 18.6. The number of nitrogens with one attached hydrogen (secondary N) is 2. The second kappa shape index (κ2) is 9.04. The van der Waals surface area contributed by atoms with Crippen LogP contribution in [0.5, 0.6) is 11.5 Å². The van der Waals surface area contributed by atoms with E-state index in [1.54, 1.807) is 14.2 Å². The van der Waals surface area contributed by atoms with Crippen molar-refractivity contribution < 1.29 is 9.47 Å². The number of H-pyrrole nitrogens is 2. The van der Waals surface area contributed by atoms with E-state index in [1.807, 2.05) is 12.1 Å². The molecule has 0 radical (unpaired) electrons. The summed E-state index contributed by atoms with van der Waals surface area (Å²) in [6.07, 6.45) is 3.63. The largest absolute Gasteiger partial charge is 0.493 e. The maximum absolute atomic E-state index is 5.41. The van der Waals surface area contributed by atoms with Crippen molar-refractivity contribution in [2.45, 2.75) is 25.8 Å². The molecular weight excluding hydrogens is 402 g/mol. The lowest BCUT2D eigenvalue weighted by Gasteiger charge is -2.31. The van der Waals surface area contributed by atoms with Crippen LogP contribution in [-0.2, 0) is 13.0 Å². The van der Waals surface area contributed by atoms with Crippen molar-refractivity contribution in [1.29, 1.82) is 0 Å². The van der Waals surface area contributed by atoms with E-state index in [4.69, 9.17) is 9.47 Å². The highest BCUT2D eigenvalue weighted by molar-refractivity contribution is 5.87. The highest BCUT2D eigenvalue weighted by Crippen LogP contribution is 2.33. The molecule has 7 heteroatoms. The van der Waals surface area contributed by atoms with E-state index in [9.17, 15) is 0 Å². The lowest BCUT2D eigenvalue weighted by molar-refractivity contribution is 0.173. The summed E-state index contributed by atoms with van der Waals surface area (Å²) in [5.41, 5.74) is 3.31. The number of ether oxygens (including phenoxy) is 2. The van der Waals surface area contributed by atoms with Crippen LogP contribution in [-0.4, -0.2) is 52.4 Å². The van der Waals surface area contributed by atoms with Gasteiger partial charge in [-0.2, -0.15) is 0 Å². The van der Waals surface area contributed by atoms with Crippen LogP contribution in [0.3, 0.4) is 0 Å². The minimum atomic E-state index is 0.697. The Labute approximate surface area is 187 Å². The first-order valence-electron chi connectivity index (χ1n) is 11.1. The van der Waals surface area contributed by atoms with Crippen LogP contribution in [0.4, 0.5) is 0 Å². The molecule has 4 aromatic rings. The molecule has 1 aliphatic rings. The molecule has 32 heavy (non-hydrogen) atoms. The minimum absolute atomic E-state index is 0.697. The van der Waals surface area contributed by atoms with Crippen LogP contribution in [0.15, 0.2) is 48.5 Å². The molecule has 1 saturated heterocycles. The number of methoxy groups -OCH3 is 2. The predicted octanol–water partition coefficient (Wildman–Crippen LogP) is 4.42. The van der Waals surface area contributed by atoms with E-state index in [0.717, 1.165) is 53.8 Å². The van der Waals surface area contributed by atoms with Crippen molar-refractivity contribution in [3.63, 3.8) is 0 Å². The van der Waals surface area contributed by atoms with Gasteiger partial charge in [-0.25, -0.2) is 0 Å². The second-order valence-corrected chi connectivity index (χ2v) is 8.51. The number of hydrogen-bond donors (Lipinski definition) is 2. The fourth-order valence-electron chi connectivity index (χ4n) is 4.58. The molecule has 2 N–H and O–H groups in total. The summed E-state index contributed by atoms with van der Waals surface area (Å²) in [6.45, 7) is 2.99. The molecule has 2 aromatic heterocycles. The lowest BCUT2D eigenvalue weighted by Crippen LogP contribution is -2.34. The Morgan fingerprint density at radius 2 is 1.69 bits per heavy atom. The fraction of sp³-hybridized carbons (Fsp3) is 0.360. The molecule has 0 amide bonds. The SMILES string of the molecule is COc1cc2cc(-c3nnc(CN4CCC(Cc5ccccc5)CC4)[nH]3)[nH]c2cc1OC. The fourth-order valence-corrected chi connectivity index (χ4v) is 4.58. The lowest BCUT2D eigenvalue weighted by atomic mass is 9.90. The number of aromatic nitrogens is 4. The van der Waals surface area contributed by atoms with E-state index in [2.05, 4.69) is 61.5 Å². The molecule has 0 spiro atoms. The summed E-state index contributed by atoms with van der Waals surface area (Å²) >= 11 is 0. The van der Waals surface area contributed by atoms with Crippen molar-refractivity contribution in [2.75, 3.05) is 27.3 Å². The molecule has 0 saturated carbocycles. The summed E-state index contributed by atoms with van der Waals surface area (Å²) in [5.74, 6) is 3.81. The van der Waals surface area contributed by atoms with E-state index in [1.165, 1.54) is 24.8 Å². The third-order valence-electron chi connectivity index (χ3n) is 6.36. The normalized spacial score (nSPS) is 15.3. The van der Waals surface area contributed by atoms with Gasteiger partial charge in [-0.05, 0) is 56.0 Å². The first-order chi connectivity index (χ1) is 15.7. The molecule has 0 unspecified atom stereocenters. The number of hydrogen-bond acceptors (Lipinski definition) is 5. The zero-order chi connectivity index (χ0) is 21.9. The Morgan fingerprint density at radius 1 is 0.938 bits per heavy atom. The average molecular weight is 432 g/mol. The Balaban J connectivity index is 1.22. The number of rotatable bonds is 7. The Hall–Kier alpha value is -3.32. The summed E-state index contributed by atoms with van der Waals surface area (Å²) in [4.78, 5) is 9.25. The Bertz CT molecular complexity index is 1130. The van der Waals surface area contributed by atoms with Gasteiger partial charge in [0.05, 0.1) is 26.5 Å². The van der Waals surface area contributed by atoms with E-state index >= 15 is 0 Å². The molecule has 2 aromatic carbocycles. The van der Waals surface area contributed by atoms with Gasteiger partial charge < -0.3 is 19.4 Å². The van der Waals surface area contributed by atoms with Gasteiger partial charge in [0.15, 0.2) is 17.3 Å². The van der Waals surface area contributed by atoms with Gasteiger partial charge in [0.25, 0.3) is 0 Å². The first kappa shape index (κ1) is 20.6. The van der Waals surface area contributed by atoms with Gasteiger partial charge in [-0.1, -0.05) is 30.3 Å². The second-order valence-electron chi connectivity index (χ2n) is 8.51. The third-order valence-corrected chi connectivity index (χ3v) is 6.36. The van der Waals surface area contributed by atoms with E-state index in [0.29, 0.717) is 11.5 Å². The quantitative estimate of drug-likeness (QED) is 0.453. The minimum Gasteiger partial charge on any atom is -0.493 e. The van der Waals surface area contributed by atoms with Crippen molar-refractivity contribution in [3.8, 4) is 23.0 Å². The molecule has 0 aliphatic carbocycles. The predicted molar refractivity (Wildman–Crippen MR) is 125 cm³/mol. The van der Waals surface area contributed by atoms with Crippen LogP contribution in [0.25, 0.3) is 22.4 Å². The van der Waals surface area contributed by atoms with Gasteiger partial charge >= 0.3 is 0 Å². The average Bonchev–Trinajstić information content (AvgIpc) is 3.46. The molecule has 1 aliphatic heterocycles. The molecule has 0 bridgehead atoms. The summed E-state index contributed by atoms with van der Waals surface area (Å²) in [5, 5.41) is 9.81. The van der Waals surface area contributed by atoms with Crippen LogP contribution in [0, 0.1) is 5.92 Å². The number of fused-ring (bicyclic) bond motifs is 1. The van der Waals surface area contributed by atoms with E-state index < -0.39 is 0 Å². The molecule has 3 heterocycles. The third kappa shape index (κ3) is 4.34. The molecule has 166 valence electrons. The molecule has 5 rings (SSSR count). The van der Waals surface area contributed by atoms with Gasteiger partial charge in [0.1, 0.15) is 5.82 Å². The summed E-state index contributed by atoms with van der Waals surface area (Å²) in [7, 11) is 3.28. The number of likely N-dealkylation sites (tertiary alicyclic amines) is 1. The molecule has 1 fully saturated rings. The topological polar surface area (TPSA) is 79.1 Å². The maximum atomic E-state index is 5.41. The summed E-state index contributed by atoms with van der Waals surface area (Å²) in [6, 6.07) is 16.8. The maximum Gasteiger partial charge on any atom is 0.177 e. The first-order valence-corrected chi connectivity index (χ1v) is 11.1. The van der Waals surface area contributed by atoms with E-state index in [-0.39, 0.29) is 0 Å². The highest BCUT2D eigenvalue weighted by atomic mass is 16.5.